The maximum Gasteiger partial charge on any atom is 0.116 e. The highest BCUT2D eigenvalue weighted by molar-refractivity contribution is 5.60. The van der Waals surface area contributed by atoms with Crippen molar-refractivity contribution < 1.29 is 4.39 Å². The van der Waals surface area contributed by atoms with Gasteiger partial charge in [0, 0.05) is 11.8 Å². The fourth-order valence-corrected chi connectivity index (χ4v) is 0.640. The van der Waals surface area contributed by atoms with E-state index in [4.69, 9.17) is 0 Å². The quantitative estimate of drug-likeness (QED) is 0.608. The Bertz CT molecular complexity index is 218. The first-order valence-electron chi connectivity index (χ1n) is 2.99. The Morgan fingerprint density at radius 1 is 1.60 bits per heavy atom. The predicted molar refractivity (Wildman–Crippen MR) is 39.2 cm³/mol. The number of halogens is 1. The number of rotatable bonds is 2. The number of alkyl halides is 1. The van der Waals surface area contributed by atoms with Crippen LogP contribution < -0.4 is 0 Å². The highest BCUT2D eigenvalue weighted by Crippen LogP contribution is 2.07. The molecule has 52 valence electrons. The molecule has 1 aromatic heterocycles. The zero-order valence-electron chi connectivity index (χ0n) is 5.55. The van der Waals surface area contributed by atoms with Crippen molar-refractivity contribution in [2.75, 3.05) is 6.67 Å². The van der Waals surface area contributed by atoms with Gasteiger partial charge in [0.05, 0.1) is 5.69 Å². The molecular formula is C8H8FN. The third-order valence-corrected chi connectivity index (χ3v) is 1.19. The van der Waals surface area contributed by atoms with Crippen LogP contribution in [0.15, 0.2) is 31.0 Å². The van der Waals surface area contributed by atoms with Crippen LogP contribution in [0.2, 0.25) is 0 Å². The van der Waals surface area contributed by atoms with Gasteiger partial charge in [-0.05, 0) is 12.1 Å². The van der Waals surface area contributed by atoms with Crippen molar-refractivity contribution in [3.63, 3.8) is 0 Å². The molecule has 0 fully saturated rings. The molecule has 1 rings (SSSR count). The van der Waals surface area contributed by atoms with Gasteiger partial charge in [0.25, 0.3) is 0 Å². The molecule has 0 aliphatic rings. The molecule has 0 radical (unpaired) electrons. The normalized spacial score (nSPS) is 9.30. The zero-order chi connectivity index (χ0) is 7.40. The molecule has 1 nitrogen and oxygen atoms in total. The summed E-state index contributed by atoms with van der Waals surface area (Å²) in [6.45, 7) is 2.98. The molecular weight excluding hydrogens is 129 g/mol. The van der Waals surface area contributed by atoms with Crippen molar-refractivity contribution >= 4 is 5.57 Å². The van der Waals surface area contributed by atoms with E-state index in [0.29, 0.717) is 11.3 Å². The lowest BCUT2D eigenvalue weighted by Crippen LogP contribution is -1.86. The number of pyridine rings is 1. The van der Waals surface area contributed by atoms with E-state index >= 15 is 0 Å². The lowest BCUT2D eigenvalue weighted by atomic mass is 10.2. The third-order valence-electron chi connectivity index (χ3n) is 1.19. The summed E-state index contributed by atoms with van der Waals surface area (Å²) >= 11 is 0. The van der Waals surface area contributed by atoms with Crippen molar-refractivity contribution in [2.45, 2.75) is 0 Å². The van der Waals surface area contributed by atoms with Crippen LogP contribution in [-0.4, -0.2) is 11.7 Å². The summed E-state index contributed by atoms with van der Waals surface area (Å²) < 4.78 is 11.9. The largest absolute Gasteiger partial charge is 0.257 e. The van der Waals surface area contributed by atoms with Gasteiger partial charge in [0.1, 0.15) is 6.67 Å². The lowest BCUT2D eigenvalue weighted by molar-refractivity contribution is 0.571. The van der Waals surface area contributed by atoms with Gasteiger partial charge < -0.3 is 0 Å². The highest BCUT2D eigenvalue weighted by atomic mass is 19.1. The van der Waals surface area contributed by atoms with Gasteiger partial charge in [-0.3, -0.25) is 4.98 Å². The first-order chi connectivity index (χ1) is 4.84. The van der Waals surface area contributed by atoms with E-state index in [1.807, 2.05) is 6.07 Å². The monoisotopic (exact) mass is 137 g/mol. The fraction of sp³-hybridized carbons (Fsp3) is 0.125. The minimum Gasteiger partial charge on any atom is -0.257 e. The van der Waals surface area contributed by atoms with Crippen LogP contribution in [0.1, 0.15) is 5.69 Å². The smallest absolute Gasteiger partial charge is 0.116 e. The topological polar surface area (TPSA) is 12.9 Å². The Hall–Kier alpha value is -1.18. The van der Waals surface area contributed by atoms with Crippen molar-refractivity contribution in [3.8, 4) is 0 Å². The molecule has 0 atom stereocenters. The van der Waals surface area contributed by atoms with Gasteiger partial charge >= 0.3 is 0 Å². The maximum absolute atomic E-state index is 11.9. The first kappa shape index (κ1) is 6.93. The van der Waals surface area contributed by atoms with Crippen LogP contribution in [0.5, 0.6) is 0 Å². The van der Waals surface area contributed by atoms with Gasteiger partial charge in [0.2, 0.25) is 0 Å². The predicted octanol–water partition coefficient (Wildman–Crippen LogP) is 2.06. The summed E-state index contributed by atoms with van der Waals surface area (Å²) in [7, 11) is 0. The van der Waals surface area contributed by atoms with Crippen molar-refractivity contribution in [1.82, 2.24) is 4.98 Å². The molecule has 0 aliphatic carbocycles. The number of allylic oxidation sites excluding steroid dienone is 1. The maximum atomic E-state index is 11.9. The second-order valence-corrected chi connectivity index (χ2v) is 1.95. The van der Waals surface area contributed by atoms with E-state index < -0.39 is 6.67 Å². The van der Waals surface area contributed by atoms with Crippen LogP contribution in [0.4, 0.5) is 4.39 Å². The van der Waals surface area contributed by atoms with E-state index in [9.17, 15) is 4.39 Å². The molecule has 0 saturated carbocycles. The minimum atomic E-state index is -0.531. The van der Waals surface area contributed by atoms with Crippen LogP contribution >= 0.6 is 0 Å². The van der Waals surface area contributed by atoms with Crippen LogP contribution in [0.25, 0.3) is 5.57 Å². The molecule has 10 heavy (non-hydrogen) atoms. The standard InChI is InChI=1S/C8H8FN/c1-7(6-9)8-4-2-3-5-10-8/h2-5H,1,6H2. The lowest BCUT2D eigenvalue weighted by Gasteiger charge is -1.96. The van der Waals surface area contributed by atoms with Gasteiger partial charge in [-0.25, -0.2) is 4.39 Å². The average molecular weight is 137 g/mol. The minimum absolute atomic E-state index is 0.431. The second-order valence-electron chi connectivity index (χ2n) is 1.95. The Labute approximate surface area is 59.2 Å². The molecule has 1 aromatic rings. The third kappa shape index (κ3) is 1.41. The number of aromatic nitrogens is 1. The average Bonchev–Trinajstić information content (AvgIpc) is 2.05. The Balaban J connectivity index is 2.85. The summed E-state index contributed by atoms with van der Waals surface area (Å²) in [4.78, 5) is 3.91. The molecule has 0 N–H and O–H groups in total. The van der Waals surface area contributed by atoms with E-state index in [1.54, 1.807) is 18.3 Å². The SMILES string of the molecule is C=C(CF)c1ccccn1. The van der Waals surface area contributed by atoms with Crippen LogP contribution in [0, 0.1) is 0 Å². The highest BCUT2D eigenvalue weighted by Gasteiger charge is 1.95. The van der Waals surface area contributed by atoms with Crippen LogP contribution in [0.3, 0.4) is 0 Å². The van der Waals surface area contributed by atoms with Crippen molar-refractivity contribution in [3.05, 3.63) is 36.7 Å². The zero-order valence-corrected chi connectivity index (χ0v) is 5.55. The molecule has 0 spiro atoms. The Kier molecular flexibility index (Phi) is 2.15. The number of nitrogens with zero attached hydrogens (tertiary/aromatic N) is 1. The fourth-order valence-electron chi connectivity index (χ4n) is 0.640. The molecule has 0 aliphatic heterocycles. The Morgan fingerprint density at radius 3 is 2.90 bits per heavy atom. The molecule has 0 unspecified atom stereocenters. The summed E-state index contributed by atoms with van der Waals surface area (Å²) in [6.07, 6.45) is 1.62. The van der Waals surface area contributed by atoms with Gasteiger partial charge in [0.15, 0.2) is 0 Å². The second kappa shape index (κ2) is 3.11. The van der Waals surface area contributed by atoms with Crippen molar-refractivity contribution in [1.29, 1.82) is 0 Å². The van der Waals surface area contributed by atoms with Gasteiger partial charge in [-0.15, -0.1) is 0 Å². The van der Waals surface area contributed by atoms with Gasteiger partial charge in [-0.2, -0.15) is 0 Å². The molecule has 0 amide bonds. The Morgan fingerprint density at radius 2 is 2.40 bits per heavy atom. The van der Waals surface area contributed by atoms with Crippen molar-refractivity contribution in [2.24, 2.45) is 0 Å². The molecule has 1 heterocycles. The summed E-state index contributed by atoms with van der Waals surface area (Å²) in [5.74, 6) is 0. The summed E-state index contributed by atoms with van der Waals surface area (Å²) in [5, 5.41) is 0. The van der Waals surface area contributed by atoms with Crippen LogP contribution in [-0.2, 0) is 0 Å². The molecule has 0 saturated heterocycles. The molecule has 0 aromatic carbocycles. The summed E-state index contributed by atoms with van der Waals surface area (Å²) in [5.41, 5.74) is 1.06. The van der Waals surface area contributed by atoms with E-state index in [-0.39, 0.29) is 0 Å². The molecule has 2 heteroatoms. The van der Waals surface area contributed by atoms with E-state index in [0.717, 1.165) is 0 Å². The first-order valence-corrected chi connectivity index (χ1v) is 2.99. The number of hydrogen-bond acceptors (Lipinski definition) is 1. The summed E-state index contributed by atoms with van der Waals surface area (Å²) in [6, 6.07) is 5.33. The van der Waals surface area contributed by atoms with E-state index in [1.165, 1.54) is 0 Å². The number of hydrogen-bond donors (Lipinski definition) is 0. The van der Waals surface area contributed by atoms with Gasteiger partial charge in [-0.1, -0.05) is 12.6 Å². The molecule has 0 bridgehead atoms. The van der Waals surface area contributed by atoms with E-state index in [2.05, 4.69) is 11.6 Å².